The third kappa shape index (κ3) is 4.52. The highest BCUT2D eigenvalue weighted by Gasteiger charge is 2.46. The molecule has 1 rings (SSSR count). The lowest BCUT2D eigenvalue weighted by Crippen LogP contribution is -2.43. The summed E-state index contributed by atoms with van der Waals surface area (Å²) in [5.74, 6) is 2.16. The molecule has 4 nitrogen and oxygen atoms in total. The highest BCUT2D eigenvalue weighted by molar-refractivity contribution is 5.69. The predicted molar refractivity (Wildman–Crippen MR) is 72.5 cm³/mol. The molecule has 1 aliphatic heterocycles. The molecule has 108 valence electrons. The van der Waals surface area contributed by atoms with Crippen molar-refractivity contribution < 1.29 is 19.4 Å². The molecule has 1 aliphatic rings. The number of unbranched alkanes of at least 4 members (excludes halogenated alkanes) is 3. The molecular weight excluding hydrogens is 244 g/mol. The zero-order valence-corrected chi connectivity index (χ0v) is 11.9. The van der Waals surface area contributed by atoms with Crippen molar-refractivity contribution >= 4 is 5.97 Å². The van der Waals surface area contributed by atoms with Crippen LogP contribution in [0.2, 0.25) is 0 Å². The van der Waals surface area contributed by atoms with Crippen LogP contribution in [0.1, 0.15) is 52.4 Å². The van der Waals surface area contributed by atoms with Gasteiger partial charge in [0.25, 0.3) is 0 Å². The van der Waals surface area contributed by atoms with Gasteiger partial charge in [-0.05, 0) is 13.3 Å². The Hall–Kier alpha value is -1.05. The first-order valence-electron chi connectivity index (χ1n) is 7.03. The van der Waals surface area contributed by atoms with Gasteiger partial charge >= 0.3 is 5.97 Å². The fourth-order valence-corrected chi connectivity index (χ4v) is 2.25. The van der Waals surface area contributed by atoms with Crippen LogP contribution >= 0.6 is 0 Å². The maximum Gasteiger partial charge on any atom is 0.305 e. The summed E-state index contributed by atoms with van der Waals surface area (Å²) in [6.07, 6.45) is 9.51. The van der Waals surface area contributed by atoms with Gasteiger partial charge in [-0.2, -0.15) is 0 Å². The van der Waals surface area contributed by atoms with Gasteiger partial charge in [-0.3, -0.25) is 4.79 Å². The standard InChI is InChI=1S/C15H24O4/c1-4-6-7-8-9-14(17)18-11-15(5-2)13(16)10-12(3)19-15/h2,12-13,16H,4,6-11H2,1,3H3/t12-,13-,15?/m0/s1. The lowest BCUT2D eigenvalue weighted by Gasteiger charge is -2.25. The molecule has 1 fully saturated rings. The van der Waals surface area contributed by atoms with Crippen LogP contribution in [0.15, 0.2) is 0 Å². The lowest BCUT2D eigenvalue weighted by atomic mass is 9.98. The maximum absolute atomic E-state index is 11.6. The SMILES string of the molecule is C#CC1(COC(=O)CCCCCC)O[C@@H](C)C[C@@H]1O. The summed E-state index contributed by atoms with van der Waals surface area (Å²) in [7, 11) is 0. The molecule has 19 heavy (non-hydrogen) atoms. The monoisotopic (exact) mass is 268 g/mol. The molecule has 3 atom stereocenters. The number of hydrogen-bond acceptors (Lipinski definition) is 4. The van der Waals surface area contributed by atoms with E-state index in [0.717, 1.165) is 25.7 Å². The van der Waals surface area contributed by atoms with Crippen LogP contribution in [0.4, 0.5) is 0 Å². The lowest BCUT2D eigenvalue weighted by molar-refractivity contribution is -0.154. The topological polar surface area (TPSA) is 55.8 Å². The number of aliphatic hydroxyl groups excluding tert-OH is 1. The highest BCUT2D eigenvalue weighted by Crippen LogP contribution is 2.30. The van der Waals surface area contributed by atoms with Gasteiger partial charge in [0.15, 0.2) is 5.60 Å². The molecule has 0 amide bonds. The fourth-order valence-electron chi connectivity index (χ4n) is 2.25. The first-order valence-corrected chi connectivity index (χ1v) is 7.03. The number of rotatable bonds is 7. The van der Waals surface area contributed by atoms with Crippen molar-refractivity contribution in [2.45, 2.75) is 70.2 Å². The summed E-state index contributed by atoms with van der Waals surface area (Å²) >= 11 is 0. The molecule has 0 aromatic heterocycles. The minimum atomic E-state index is -1.17. The van der Waals surface area contributed by atoms with E-state index in [4.69, 9.17) is 15.9 Å². The molecule has 0 aromatic carbocycles. The first kappa shape index (κ1) is 16.0. The molecule has 0 saturated carbocycles. The smallest absolute Gasteiger partial charge is 0.305 e. The number of hydrogen-bond donors (Lipinski definition) is 1. The van der Waals surface area contributed by atoms with Crippen LogP contribution in [-0.4, -0.2) is 35.5 Å². The predicted octanol–water partition coefficient (Wildman–Crippen LogP) is 2.04. The van der Waals surface area contributed by atoms with Crippen LogP contribution in [0.3, 0.4) is 0 Å². The third-order valence-electron chi connectivity index (χ3n) is 3.43. The summed E-state index contributed by atoms with van der Waals surface area (Å²) in [5, 5.41) is 9.91. The van der Waals surface area contributed by atoms with Crippen molar-refractivity contribution in [3.63, 3.8) is 0 Å². The molecule has 0 bridgehead atoms. The number of carbonyl (C=O) groups is 1. The van der Waals surface area contributed by atoms with E-state index < -0.39 is 11.7 Å². The summed E-state index contributed by atoms with van der Waals surface area (Å²) in [6.45, 7) is 3.89. The Balaban J connectivity index is 2.34. The van der Waals surface area contributed by atoms with Gasteiger partial charge in [-0.1, -0.05) is 32.1 Å². The molecule has 1 saturated heterocycles. The quantitative estimate of drug-likeness (QED) is 0.436. The minimum Gasteiger partial charge on any atom is -0.461 e. The van der Waals surface area contributed by atoms with Crippen molar-refractivity contribution in [3.05, 3.63) is 0 Å². The summed E-state index contributed by atoms with van der Waals surface area (Å²) in [4.78, 5) is 11.6. The summed E-state index contributed by atoms with van der Waals surface area (Å²) < 4.78 is 10.7. The average molecular weight is 268 g/mol. The fraction of sp³-hybridized carbons (Fsp3) is 0.800. The molecule has 0 aliphatic carbocycles. The third-order valence-corrected chi connectivity index (χ3v) is 3.43. The van der Waals surface area contributed by atoms with E-state index in [-0.39, 0.29) is 18.7 Å². The second kappa shape index (κ2) is 7.52. The Morgan fingerprint density at radius 3 is 2.79 bits per heavy atom. The number of aliphatic hydroxyl groups is 1. The Kier molecular flexibility index (Phi) is 6.33. The Labute approximate surface area is 115 Å². The maximum atomic E-state index is 11.6. The van der Waals surface area contributed by atoms with Gasteiger partial charge in [0.1, 0.15) is 12.7 Å². The molecule has 1 N–H and O–H groups in total. The van der Waals surface area contributed by atoms with Crippen molar-refractivity contribution in [3.8, 4) is 12.3 Å². The molecule has 1 heterocycles. The molecule has 0 aromatic rings. The van der Waals surface area contributed by atoms with E-state index in [2.05, 4.69) is 12.8 Å². The number of esters is 1. The minimum absolute atomic E-state index is 0.0678. The van der Waals surface area contributed by atoms with Crippen LogP contribution < -0.4 is 0 Å². The average Bonchev–Trinajstić information content (AvgIpc) is 2.67. The van der Waals surface area contributed by atoms with Gasteiger partial charge in [-0.25, -0.2) is 0 Å². The molecule has 0 radical (unpaired) electrons. The van der Waals surface area contributed by atoms with E-state index in [9.17, 15) is 9.90 Å². The van der Waals surface area contributed by atoms with Gasteiger partial charge in [0.05, 0.1) is 6.10 Å². The second-order valence-corrected chi connectivity index (χ2v) is 5.19. The van der Waals surface area contributed by atoms with Gasteiger partial charge in [0, 0.05) is 12.8 Å². The Morgan fingerprint density at radius 1 is 1.53 bits per heavy atom. The number of terminal acetylenes is 1. The van der Waals surface area contributed by atoms with Crippen molar-refractivity contribution in [1.82, 2.24) is 0 Å². The molecule has 1 unspecified atom stereocenters. The van der Waals surface area contributed by atoms with Crippen molar-refractivity contribution in [2.24, 2.45) is 0 Å². The van der Waals surface area contributed by atoms with Crippen LogP contribution in [0, 0.1) is 12.3 Å². The number of carbonyl (C=O) groups excluding carboxylic acids is 1. The first-order chi connectivity index (χ1) is 9.04. The molecule has 4 heteroatoms. The van der Waals surface area contributed by atoms with E-state index in [1.54, 1.807) is 0 Å². The second-order valence-electron chi connectivity index (χ2n) is 5.19. The van der Waals surface area contributed by atoms with Crippen molar-refractivity contribution in [2.75, 3.05) is 6.61 Å². The number of ether oxygens (including phenoxy) is 2. The largest absolute Gasteiger partial charge is 0.461 e. The van der Waals surface area contributed by atoms with Gasteiger partial charge < -0.3 is 14.6 Å². The molecule has 0 spiro atoms. The van der Waals surface area contributed by atoms with Crippen LogP contribution in [0.5, 0.6) is 0 Å². The van der Waals surface area contributed by atoms with Crippen molar-refractivity contribution in [1.29, 1.82) is 0 Å². The van der Waals surface area contributed by atoms with Crippen LogP contribution in [-0.2, 0) is 14.3 Å². The van der Waals surface area contributed by atoms with E-state index in [0.29, 0.717) is 12.8 Å². The van der Waals surface area contributed by atoms with Crippen LogP contribution in [0.25, 0.3) is 0 Å². The Bertz CT molecular complexity index is 334. The van der Waals surface area contributed by atoms with Gasteiger partial charge in [-0.15, -0.1) is 6.42 Å². The molecular formula is C15H24O4. The van der Waals surface area contributed by atoms with E-state index >= 15 is 0 Å². The summed E-state index contributed by atoms with van der Waals surface area (Å²) in [6, 6.07) is 0. The normalized spacial score (nSPS) is 30.0. The Morgan fingerprint density at radius 2 is 2.26 bits per heavy atom. The highest BCUT2D eigenvalue weighted by atomic mass is 16.6. The summed E-state index contributed by atoms with van der Waals surface area (Å²) in [5.41, 5.74) is -1.17. The van der Waals surface area contributed by atoms with E-state index in [1.807, 2.05) is 6.92 Å². The van der Waals surface area contributed by atoms with E-state index in [1.165, 1.54) is 0 Å². The van der Waals surface area contributed by atoms with Gasteiger partial charge in [0.2, 0.25) is 0 Å². The zero-order valence-electron chi connectivity index (χ0n) is 11.9. The zero-order chi connectivity index (χ0) is 14.3.